The van der Waals surface area contributed by atoms with Gasteiger partial charge in [-0.05, 0) is 12.0 Å². The molecule has 0 bridgehead atoms. The van der Waals surface area contributed by atoms with Crippen molar-refractivity contribution in [2.75, 3.05) is 14.2 Å². The molecule has 0 N–H and O–H groups in total. The molecule has 1 rings (SSSR count). The molecule has 0 amide bonds. The molecule has 0 saturated carbocycles. The number of carbonyl (C=O) groups is 3. The number of carbonyl (C=O) groups excluding carboxylic acids is 3. The van der Waals surface area contributed by atoms with E-state index in [1.807, 2.05) is 0 Å². The molecule has 6 nitrogen and oxygen atoms in total. The molecule has 0 spiro atoms. The van der Waals surface area contributed by atoms with Crippen LogP contribution in [0.3, 0.4) is 0 Å². The average molecular weight is 268 g/mol. The lowest BCUT2D eigenvalue weighted by Gasteiger charge is -2.29. The molecule has 0 unspecified atom stereocenters. The Labute approximate surface area is 111 Å². The predicted octanol–water partition coefficient (Wildman–Crippen LogP) is 1.12. The lowest BCUT2D eigenvalue weighted by molar-refractivity contribution is -0.169. The minimum Gasteiger partial charge on any atom is -0.468 e. The maximum atomic E-state index is 11.9. The zero-order chi connectivity index (χ0) is 14.5. The molecule has 0 atom stereocenters. The van der Waals surface area contributed by atoms with E-state index in [2.05, 4.69) is 9.47 Å². The molecule has 1 aliphatic rings. The largest absolute Gasteiger partial charge is 0.468 e. The van der Waals surface area contributed by atoms with Crippen molar-refractivity contribution >= 4 is 17.9 Å². The van der Waals surface area contributed by atoms with E-state index >= 15 is 0 Å². The maximum Gasteiger partial charge on any atom is 0.323 e. The van der Waals surface area contributed by atoms with Crippen molar-refractivity contribution in [3.05, 3.63) is 24.0 Å². The van der Waals surface area contributed by atoms with Crippen molar-refractivity contribution in [3.8, 4) is 0 Å². The fraction of sp³-hybridized carbons (Fsp3) is 0.462. The Kier molecular flexibility index (Phi) is 4.86. The zero-order valence-corrected chi connectivity index (χ0v) is 11.1. The first-order valence-corrected chi connectivity index (χ1v) is 5.66. The van der Waals surface area contributed by atoms with E-state index in [1.165, 1.54) is 27.4 Å². The van der Waals surface area contributed by atoms with Crippen LogP contribution >= 0.6 is 0 Å². The molecule has 19 heavy (non-hydrogen) atoms. The van der Waals surface area contributed by atoms with Crippen LogP contribution < -0.4 is 0 Å². The Morgan fingerprint density at radius 3 is 2.26 bits per heavy atom. The van der Waals surface area contributed by atoms with E-state index < -0.39 is 23.3 Å². The fourth-order valence-corrected chi connectivity index (χ4v) is 1.92. The third-order valence-corrected chi connectivity index (χ3v) is 2.83. The summed E-state index contributed by atoms with van der Waals surface area (Å²) in [6, 6.07) is 0. The van der Waals surface area contributed by atoms with Gasteiger partial charge >= 0.3 is 17.9 Å². The third-order valence-electron chi connectivity index (χ3n) is 2.83. The van der Waals surface area contributed by atoms with Gasteiger partial charge in [-0.25, -0.2) is 0 Å². The monoisotopic (exact) mass is 268 g/mol. The Bertz CT molecular complexity index is 430. The number of esters is 3. The van der Waals surface area contributed by atoms with E-state index in [4.69, 9.17) is 4.74 Å². The number of methoxy groups -OCH3 is 2. The molecule has 0 aromatic rings. The summed E-state index contributed by atoms with van der Waals surface area (Å²) in [5.41, 5.74) is -0.873. The molecule has 6 heteroatoms. The first-order chi connectivity index (χ1) is 8.96. The molecule has 0 aromatic carbocycles. The molecule has 1 aliphatic carbocycles. The predicted molar refractivity (Wildman–Crippen MR) is 64.7 cm³/mol. The fourth-order valence-electron chi connectivity index (χ4n) is 1.92. The van der Waals surface area contributed by atoms with Gasteiger partial charge < -0.3 is 14.2 Å². The summed E-state index contributed by atoms with van der Waals surface area (Å²) >= 11 is 0. The first kappa shape index (κ1) is 14.9. The van der Waals surface area contributed by atoms with Crippen molar-refractivity contribution in [3.63, 3.8) is 0 Å². The third kappa shape index (κ3) is 3.21. The van der Waals surface area contributed by atoms with E-state index in [0.717, 1.165) is 0 Å². The van der Waals surface area contributed by atoms with Crippen LogP contribution in [0.2, 0.25) is 0 Å². The standard InChI is InChI=1S/C13H16O6/c1-9(14)19-8-10-5-4-6-13(7-10,11(15)17-2)12(16)18-3/h4-5,8H,6-7H2,1-3H3/b10-8+. The Hall–Kier alpha value is -2.11. The molecule has 0 aliphatic heterocycles. The molecule has 0 aromatic heterocycles. The number of rotatable bonds is 3. The van der Waals surface area contributed by atoms with E-state index in [0.29, 0.717) is 5.57 Å². The van der Waals surface area contributed by atoms with Crippen LogP contribution in [-0.4, -0.2) is 32.1 Å². The van der Waals surface area contributed by atoms with Crippen LogP contribution in [0.25, 0.3) is 0 Å². The van der Waals surface area contributed by atoms with Crippen molar-refractivity contribution in [1.82, 2.24) is 0 Å². The van der Waals surface area contributed by atoms with Crippen LogP contribution in [0.15, 0.2) is 24.0 Å². The van der Waals surface area contributed by atoms with Crippen molar-refractivity contribution in [1.29, 1.82) is 0 Å². The van der Waals surface area contributed by atoms with E-state index in [9.17, 15) is 14.4 Å². The van der Waals surface area contributed by atoms with Crippen LogP contribution in [0, 0.1) is 5.41 Å². The highest BCUT2D eigenvalue weighted by Crippen LogP contribution is 2.37. The molecule has 0 heterocycles. The summed E-state index contributed by atoms with van der Waals surface area (Å²) in [7, 11) is 2.42. The van der Waals surface area contributed by atoms with E-state index in [-0.39, 0.29) is 12.8 Å². The van der Waals surface area contributed by atoms with Crippen LogP contribution in [-0.2, 0) is 28.6 Å². The van der Waals surface area contributed by atoms with Gasteiger partial charge in [0.25, 0.3) is 0 Å². The van der Waals surface area contributed by atoms with Crippen LogP contribution in [0.4, 0.5) is 0 Å². The highest BCUT2D eigenvalue weighted by Gasteiger charge is 2.49. The summed E-state index contributed by atoms with van der Waals surface area (Å²) < 4.78 is 14.1. The first-order valence-electron chi connectivity index (χ1n) is 5.66. The van der Waals surface area contributed by atoms with Gasteiger partial charge in [-0.2, -0.15) is 0 Å². The number of ether oxygens (including phenoxy) is 3. The molecular weight excluding hydrogens is 252 g/mol. The highest BCUT2D eigenvalue weighted by molar-refractivity contribution is 6.00. The SMILES string of the molecule is COC(=O)C1(C(=O)OC)CC=C/C(=C\OC(C)=O)C1. The summed E-state index contributed by atoms with van der Waals surface area (Å²) in [4.78, 5) is 34.5. The van der Waals surface area contributed by atoms with Crippen molar-refractivity contribution in [2.45, 2.75) is 19.8 Å². The van der Waals surface area contributed by atoms with Gasteiger partial charge in [0.15, 0.2) is 5.41 Å². The van der Waals surface area contributed by atoms with Gasteiger partial charge in [-0.3, -0.25) is 14.4 Å². The zero-order valence-electron chi connectivity index (χ0n) is 11.1. The summed E-state index contributed by atoms with van der Waals surface area (Å²) in [6.45, 7) is 1.26. The number of allylic oxidation sites excluding steroid dienone is 3. The van der Waals surface area contributed by atoms with Gasteiger partial charge in [-0.1, -0.05) is 12.2 Å². The van der Waals surface area contributed by atoms with Gasteiger partial charge in [0, 0.05) is 13.3 Å². The highest BCUT2D eigenvalue weighted by atomic mass is 16.5. The molecular formula is C13H16O6. The quantitative estimate of drug-likeness (QED) is 0.330. The second-order valence-electron chi connectivity index (χ2n) is 4.15. The molecule has 0 radical (unpaired) electrons. The minimum atomic E-state index is -1.41. The van der Waals surface area contributed by atoms with Gasteiger partial charge in [0.05, 0.1) is 20.5 Å². The minimum absolute atomic E-state index is 0.0656. The normalized spacial score (nSPS) is 18.8. The second-order valence-corrected chi connectivity index (χ2v) is 4.15. The Morgan fingerprint density at radius 1 is 1.21 bits per heavy atom. The number of hydrogen-bond acceptors (Lipinski definition) is 6. The van der Waals surface area contributed by atoms with Crippen molar-refractivity contribution < 1.29 is 28.6 Å². The molecule has 104 valence electrons. The van der Waals surface area contributed by atoms with Crippen molar-refractivity contribution in [2.24, 2.45) is 5.41 Å². The second kappa shape index (κ2) is 6.17. The van der Waals surface area contributed by atoms with Crippen LogP contribution in [0.1, 0.15) is 19.8 Å². The van der Waals surface area contributed by atoms with Gasteiger partial charge in [-0.15, -0.1) is 0 Å². The summed E-state index contributed by atoms with van der Waals surface area (Å²) in [5.74, 6) is -1.82. The summed E-state index contributed by atoms with van der Waals surface area (Å²) in [6.07, 6.45) is 4.80. The molecule has 0 fully saturated rings. The number of hydrogen-bond donors (Lipinski definition) is 0. The van der Waals surface area contributed by atoms with Gasteiger partial charge in [0.1, 0.15) is 0 Å². The van der Waals surface area contributed by atoms with E-state index in [1.54, 1.807) is 12.2 Å². The Morgan fingerprint density at radius 2 is 1.79 bits per heavy atom. The Balaban J connectivity index is 3.05. The lowest BCUT2D eigenvalue weighted by Crippen LogP contribution is -2.42. The topological polar surface area (TPSA) is 78.9 Å². The molecule has 0 saturated heterocycles. The maximum absolute atomic E-state index is 11.9. The van der Waals surface area contributed by atoms with Crippen LogP contribution in [0.5, 0.6) is 0 Å². The average Bonchev–Trinajstić information content (AvgIpc) is 2.43. The van der Waals surface area contributed by atoms with Gasteiger partial charge in [0.2, 0.25) is 0 Å². The summed E-state index contributed by atoms with van der Waals surface area (Å²) in [5, 5.41) is 0. The smallest absolute Gasteiger partial charge is 0.323 e. The lowest BCUT2D eigenvalue weighted by atomic mass is 9.75.